The highest BCUT2D eigenvalue weighted by Gasteiger charge is 2.34. The molecule has 2 N–H and O–H groups in total. The predicted molar refractivity (Wildman–Crippen MR) is 112 cm³/mol. The minimum Gasteiger partial charge on any atom is -0.467 e. The van der Waals surface area contributed by atoms with E-state index in [0.717, 1.165) is 25.7 Å². The lowest BCUT2D eigenvalue weighted by Crippen LogP contribution is -2.49. The van der Waals surface area contributed by atoms with Gasteiger partial charge in [0.2, 0.25) is 5.91 Å². The molecule has 8 nitrogen and oxygen atoms in total. The fraction of sp³-hybridized carbons (Fsp3) is 0.476. The van der Waals surface area contributed by atoms with E-state index < -0.39 is 6.04 Å². The number of hydrogen-bond acceptors (Lipinski definition) is 6. The molecule has 1 aliphatic rings. The van der Waals surface area contributed by atoms with Gasteiger partial charge >= 0.3 is 0 Å². The lowest BCUT2D eigenvalue weighted by molar-refractivity contribution is -0.141. The molecule has 0 saturated heterocycles. The van der Waals surface area contributed by atoms with Crippen molar-refractivity contribution in [2.45, 2.75) is 37.8 Å². The third kappa shape index (κ3) is 5.70. The van der Waals surface area contributed by atoms with Crippen LogP contribution in [0.1, 0.15) is 47.2 Å². The van der Waals surface area contributed by atoms with E-state index in [0.29, 0.717) is 10.6 Å². The summed E-state index contributed by atoms with van der Waals surface area (Å²) in [5.41, 5.74) is 0. The monoisotopic (exact) mass is 433 g/mol. The van der Waals surface area contributed by atoms with Crippen molar-refractivity contribution in [1.82, 2.24) is 15.5 Å². The summed E-state index contributed by atoms with van der Waals surface area (Å²) in [5.74, 6) is -0.625. The van der Waals surface area contributed by atoms with Crippen LogP contribution >= 0.6 is 11.3 Å². The standard InChI is InChI=1S/C21H27N3O5S/c1-28-12-10-24(18(25)14-22-20(26)17-9-5-13-30-17)19(16-8-4-11-29-16)21(27)23-15-6-2-3-7-15/h4-5,8-9,11,13,15,19H,2-3,6-7,10,12,14H2,1H3,(H,22,26)(H,23,27)/t19-/m1/s1. The van der Waals surface area contributed by atoms with Crippen molar-refractivity contribution in [3.05, 3.63) is 46.5 Å². The summed E-state index contributed by atoms with van der Waals surface area (Å²) in [6.07, 6.45) is 5.50. The second kappa shape index (κ2) is 10.9. The second-order valence-corrected chi connectivity index (χ2v) is 8.10. The van der Waals surface area contributed by atoms with Crippen molar-refractivity contribution in [2.24, 2.45) is 0 Å². The number of methoxy groups -OCH3 is 1. The molecule has 0 aliphatic heterocycles. The Morgan fingerprint density at radius 1 is 1.27 bits per heavy atom. The van der Waals surface area contributed by atoms with Crippen LogP contribution in [0.3, 0.4) is 0 Å². The number of furan rings is 1. The van der Waals surface area contributed by atoms with E-state index >= 15 is 0 Å². The average molecular weight is 434 g/mol. The van der Waals surface area contributed by atoms with Crippen LogP contribution in [-0.2, 0) is 14.3 Å². The van der Waals surface area contributed by atoms with Gasteiger partial charge in [-0.15, -0.1) is 11.3 Å². The Labute approximate surface area is 179 Å². The van der Waals surface area contributed by atoms with Crippen molar-refractivity contribution in [3.8, 4) is 0 Å². The van der Waals surface area contributed by atoms with Crippen LogP contribution in [0, 0.1) is 0 Å². The molecule has 0 unspecified atom stereocenters. The van der Waals surface area contributed by atoms with Crippen molar-refractivity contribution in [2.75, 3.05) is 26.8 Å². The first-order valence-corrected chi connectivity index (χ1v) is 10.9. The molecule has 162 valence electrons. The molecule has 0 radical (unpaired) electrons. The van der Waals surface area contributed by atoms with Gasteiger partial charge in [0.05, 0.1) is 24.3 Å². The van der Waals surface area contributed by atoms with Gasteiger partial charge in [0.1, 0.15) is 5.76 Å². The molecule has 0 spiro atoms. The third-order valence-electron chi connectivity index (χ3n) is 5.08. The molecule has 1 atom stereocenters. The summed E-state index contributed by atoms with van der Waals surface area (Å²) >= 11 is 1.30. The molecule has 30 heavy (non-hydrogen) atoms. The Balaban J connectivity index is 1.74. The van der Waals surface area contributed by atoms with Gasteiger partial charge in [-0.2, -0.15) is 0 Å². The molecular weight excluding hydrogens is 406 g/mol. The van der Waals surface area contributed by atoms with Crippen LogP contribution in [0.25, 0.3) is 0 Å². The maximum Gasteiger partial charge on any atom is 0.261 e. The highest BCUT2D eigenvalue weighted by Crippen LogP contribution is 2.24. The fourth-order valence-electron chi connectivity index (χ4n) is 3.56. The smallest absolute Gasteiger partial charge is 0.261 e. The second-order valence-electron chi connectivity index (χ2n) is 7.15. The van der Waals surface area contributed by atoms with Gasteiger partial charge in [-0.25, -0.2) is 0 Å². The van der Waals surface area contributed by atoms with E-state index in [-0.39, 0.29) is 43.5 Å². The number of carbonyl (C=O) groups excluding carboxylic acids is 3. The molecule has 3 amide bonds. The molecule has 2 heterocycles. The molecule has 1 fully saturated rings. The Hall–Kier alpha value is -2.65. The lowest BCUT2D eigenvalue weighted by atomic mass is 10.1. The van der Waals surface area contributed by atoms with E-state index in [1.54, 1.807) is 29.6 Å². The number of amides is 3. The van der Waals surface area contributed by atoms with Crippen LogP contribution in [0.4, 0.5) is 0 Å². The fourth-order valence-corrected chi connectivity index (χ4v) is 4.20. The number of ether oxygens (including phenoxy) is 1. The summed E-state index contributed by atoms with van der Waals surface area (Å²) < 4.78 is 10.6. The highest BCUT2D eigenvalue weighted by atomic mass is 32.1. The highest BCUT2D eigenvalue weighted by molar-refractivity contribution is 7.12. The van der Waals surface area contributed by atoms with E-state index in [1.807, 2.05) is 0 Å². The van der Waals surface area contributed by atoms with Crippen LogP contribution in [0.15, 0.2) is 40.3 Å². The van der Waals surface area contributed by atoms with Gasteiger partial charge in [0.15, 0.2) is 6.04 Å². The van der Waals surface area contributed by atoms with Gasteiger partial charge in [0, 0.05) is 19.7 Å². The summed E-state index contributed by atoms with van der Waals surface area (Å²) in [5, 5.41) is 7.47. The first-order chi connectivity index (χ1) is 14.6. The Kier molecular flexibility index (Phi) is 8.04. The first-order valence-electron chi connectivity index (χ1n) is 10.0. The van der Waals surface area contributed by atoms with Gasteiger partial charge in [0.25, 0.3) is 11.8 Å². The maximum absolute atomic E-state index is 13.1. The van der Waals surface area contributed by atoms with Crippen LogP contribution in [0.2, 0.25) is 0 Å². The number of carbonyl (C=O) groups is 3. The van der Waals surface area contributed by atoms with Gasteiger partial charge in [-0.1, -0.05) is 18.9 Å². The molecule has 0 aromatic carbocycles. The summed E-state index contributed by atoms with van der Waals surface area (Å²) in [6.45, 7) is 0.209. The Bertz CT molecular complexity index is 816. The number of hydrogen-bond donors (Lipinski definition) is 2. The van der Waals surface area contributed by atoms with E-state index in [4.69, 9.17) is 9.15 Å². The normalized spacial score (nSPS) is 15.0. The zero-order valence-corrected chi connectivity index (χ0v) is 17.8. The van der Waals surface area contributed by atoms with E-state index in [1.165, 1.54) is 29.6 Å². The van der Waals surface area contributed by atoms with Crippen molar-refractivity contribution >= 4 is 29.1 Å². The molecule has 3 rings (SSSR count). The number of nitrogens with zero attached hydrogens (tertiary/aromatic N) is 1. The molecule has 9 heteroatoms. The predicted octanol–water partition coefficient (Wildman–Crippen LogP) is 2.35. The molecule has 1 saturated carbocycles. The van der Waals surface area contributed by atoms with Gasteiger partial charge in [-0.05, 0) is 36.4 Å². The quantitative estimate of drug-likeness (QED) is 0.599. The average Bonchev–Trinajstić information content (AvgIpc) is 3.51. The van der Waals surface area contributed by atoms with Gasteiger partial charge < -0.3 is 24.7 Å². The minimum absolute atomic E-state index is 0.105. The van der Waals surface area contributed by atoms with Crippen LogP contribution in [-0.4, -0.2) is 55.5 Å². The summed E-state index contributed by atoms with van der Waals surface area (Å²) in [7, 11) is 1.53. The summed E-state index contributed by atoms with van der Waals surface area (Å²) in [4.78, 5) is 40.3. The molecule has 2 aromatic rings. The molecule has 0 bridgehead atoms. The molecule has 1 aliphatic carbocycles. The largest absolute Gasteiger partial charge is 0.467 e. The maximum atomic E-state index is 13.1. The van der Waals surface area contributed by atoms with Crippen molar-refractivity contribution in [1.29, 1.82) is 0 Å². The third-order valence-corrected chi connectivity index (χ3v) is 5.94. The minimum atomic E-state index is -0.929. The molecular formula is C21H27N3O5S. The van der Waals surface area contributed by atoms with Gasteiger partial charge in [-0.3, -0.25) is 14.4 Å². The van der Waals surface area contributed by atoms with Crippen LogP contribution < -0.4 is 10.6 Å². The van der Waals surface area contributed by atoms with Crippen LogP contribution in [0.5, 0.6) is 0 Å². The van der Waals surface area contributed by atoms with Crippen molar-refractivity contribution < 1.29 is 23.5 Å². The zero-order chi connectivity index (χ0) is 21.3. The number of rotatable bonds is 10. The SMILES string of the molecule is COCCN(C(=O)CNC(=O)c1cccs1)[C@@H](C(=O)NC1CCCC1)c1ccco1. The number of thiophene rings is 1. The lowest BCUT2D eigenvalue weighted by Gasteiger charge is -2.30. The molecule has 2 aromatic heterocycles. The Morgan fingerprint density at radius 2 is 2.07 bits per heavy atom. The van der Waals surface area contributed by atoms with Crippen molar-refractivity contribution in [3.63, 3.8) is 0 Å². The van der Waals surface area contributed by atoms with E-state index in [2.05, 4.69) is 10.6 Å². The first kappa shape index (κ1) is 22.0. The topological polar surface area (TPSA) is 101 Å². The number of nitrogens with one attached hydrogen (secondary N) is 2. The summed E-state index contributed by atoms with van der Waals surface area (Å²) in [6, 6.07) is 5.99. The zero-order valence-electron chi connectivity index (χ0n) is 17.0. The van der Waals surface area contributed by atoms with E-state index in [9.17, 15) is 14.4 Å². The Morgan fingerprint density at radius 3 is 2.70 bits per heavy atom.